The first-order valence-corrected chi connectivity index (χ1v) is 6.82. The second kappa shape index (κ2) is 7.21. The zero-order valence-corrected chi connectivity index (χ0v) is 11.9. The third-order valence-corrected chi connectivity index (χ3v) is 3.36. The highest BCUT2D eigenvalue weighted by Gasteiger charge is 2.33. The second-order valence-corrected chi connectivity index (χ2v) is 4.73. The largest absolute Gasteiger partial charge is 0.481 e. The van der Waals surface area contributed by atoms with E-state index in [1.165, 1.54) is 0 Å². The number of ether oxygens (including phenoxy) is 2. The number of likely N-dealkylation sites (N-methyl/N-ethyl adjacent to an activating group) is 1. The van der Waals surface area contributed by atoms with E-state index in [4.69, 9.17) is 9.47 Å². The van der Waals surface area contributed by atoms with Gasteiger partial charge in [-0.1, -0.05) is 13.0 Å². The van der Waals surface area contributed by atoms with Gasteiger partial charge in [-0.05, 0) is 12.1 Å². The van der Waals surface area contributed by atoms with Gasteiger partial charge in [-0.15, -0.1) is 0 Å². The molecule has 2 heterocycles. The Morgan fingerprint density at radius 2 is 2.35 bits per heavy atom. The fourth-order valence-corrected chi connectivity index (χ4v) is 2.23. The minimum absolute atomic E-state index is 0.0178. The normalized spacial score (nSPS) is 21.7. The lowest BCUT2D eigenvalue weighted by Gasteiger charge is -2.17. The third kappa shape index (κ3) is 3.68. The molecule has 6 heteroatoms. The molecule has 20 heavy (non-hydrogen) atoms. The van der Waals surface area contributed by atoms with Crippen LogP contribution >= 0.6 is 0 Å². The summed E-state index contributed by atoms with van der Waals surface area (Å²) in [6.07, 6.45) is 1.70. The Bertz CT molecular complexity index is 436. The Balaban J connectivity index is 1.84. The molecular weight excluding hydrogens is 258 g/mol. The van der Waals surface area contributed by atoms with Crippen molar-refractivity contribution in [3.63, 3.8) is 0 Å². The Labute approximate surface area is 118 Å². The van der Waals surface area contributed by atoms with Crippen LogP contribution in [0.5, 0.6) is 5.88 Å². The van der Waals surface area contributed by atoms with Crippen molar-refractivity contribution >= 4 is 5.91 Å². The third-order valence-electron chi connectivity index (χ3n) is 3.36. The maximum absolute atomic E-state index is 12.2. The van der Waals surface area contributed by atoms with Crippen molar-refractivity contribution in [2.45, 2.75) is 19.5 Å². The van der Waals surface area contributed by atoms with Gasteiger partial charge in [0.25, 0.3) is 0 Å². The fourth-order valence-electron chi connectivity index (χ4n) is 2.23. The summed E-state index contributed by atoms with van der Waals surface area (Å²) in [6.45, 7) is 4.39. The van der Waals surface area contributed by atoms with Crippen LogP contribution in [0.4, 0.5) is 0 Å². The molecule has 2 unspecified atom stereocenters. The van der Waals surface area contributed by atoms with Crippen molar-refractivity contribution in [3.8, 4) is 5.88 Å². The SMILES string of the molecule is CCNC1COCC1C(=O)NCc1ccc(OC)nc1. The number of carbonyl (C=O) groups excluding carboxylic acids is 1. The summed E-state index contributed by atoms with van der Waals surface area (Å²) < 4.78 is 10.4. The van der Waals surface area contributed by atoms with Gasteiger partial charge in [-0.25, -0.2) is 4.98 Å². The Morgan fingerprint density at radius 3 is 3.00 bits per heavy atom. The topological polar surface area (TPSA) is 72.5 Å². The molecule has 1 aromatic rings. The molecule has 1 saturated heterocycles. The zero-order valence-electron chi connectivity index (χ0n) is 11.9. The highest BCUT2D eigenvalue weighted by molar-refractivity contribution is 5.79. The van der Waals surface area contributed by atoms with E-state index in [9.17, 15) is 4.79 Å². The number of nitrogens with zero attached hydrogens (tertiary/aromatic N) is 1. The molecule has 0 bridgehead atoms. The number of pyridine rings is 1. The van der Waals surface area contributed by atoms with Crippen molar-refractivity contribution < 1.29 is 14.3 Å². The van der Waals surface area contributed by atoms with Crippen LogP contribution in [-0.2, 0) is 16.1 Å². The molecule has 0 spiro atoms. The Kier molecular flexibility index (Phi) is 5.31. The molecule has 2 rings (SSSR count). The van der Waals surface area contributed by atoms with Crippen molar-refractivity contribution in [2.24, 2.45) is 5.92 Å². The van der Waals surface area contributed by atoms with Gasteiger partial charge >= 0.3 is 0 Å². The lowest BCUT2D eigenvalue weighted by molar-refractivity contribution is -0.125. The van der Waals surface area contributed by atoms with Gasteiger partial charge in [-0.2, -0.15) is 0 Å². The number of carbonyl (C=O) groups is 1. The highest BCUT2D eigenvalue weighted by Crippen LogP contribution is 2.14. The van der Waals surface area contributed by atoms with E-state index in [0.29, 0.717) is 25.6 Å². The van der Waals surface area contributed by atoms with Crippen LogP contribution in [0, 0.1) is 5.92 Å². The van der Waals surface area contributed by atoms with Crippen molar-refractivity contribution in [3.05, 3.63) is 23.9 Å². The maximum atomic E-state index is 12.2. The van der Waals surface area contributed by atoms with Gasteiger partial charge in [0.2, 0.25) is 11.8 Å². The van der Waals surface area contributed by atoms with Crippen LogP contribution in [0.25, 0.3) is 0 Å². The summed E-state index contributed by atoms with van der Waals surface area (Å²) in [5.41, 5.74) is 0.943. The smallest absolute Gasteiger partial charge is 0.227 e. The van der Waals surface area contributed by atoms with Gasteiger partial charge in [0.1, 0.15) is 0 Å². The van der Waals surface area contributed by atoms with Gasteiger partial charge in [0.05, 0.1) is 26.2 Å². The van der Waals surface area contributed by atoms with Gasteiger partial charge in [0.15, 0.2) is 0 Å². The van der Waals surface area contributed by atoms with E-state index in [1.54, 1.807) is 19.4 Å². The summed E-state index contributed by atoms with van der Waals surface area (Å²) >= 11 is 0. The first kappa shape index (κ1) is 14.7. The zero-order chi connectivity index (χ0) is 14.4. The number of rotatable bonds is 6. The van der Waals surface area contributed by atoms with Crippen molar-refractivity contribution in [1.29, 1.82) is 0 Å². The van der Waals surface area contributed by atoms with Crippen molar-refractivity contribution in [2.75, 3.05) is 26.9 Å². The monoisotopic (exact) mass is 279 g/mol. The number of nitrogens with one attached hydrogen (secondary N) is 2. The molecule has 1 aliphatic heterocycles. The standard InChI is InChI=1S/C14H21N3O3/c1-3-15-12-9-20-8-11(12)14(18)17-7-10-4-5-13(19-2)16-6-10/h4-6,11-12,15H,3,7-9H2,1-2H3,(H,17,18). The molecular formula is C14H21N3O3. The molecule has 0 radical (unpaired) electrons. The van der Waals surface area contributed by atoms with Crippen molar-refractivity contribution in [1.82, 2.24) is 15.6 Å². The van der Waals surface area contributed by atoms with E-state index < -0.39 is 0 Å². The predicted molar refractivity (Wildman–Crippen MR) is 74.4 cm³/mol. The van der Waals surface area contributed by atoms with Crippen LogP contribution in [-0.4, -0.2) is 43.8 Å². The van der Waals surface area contributed by atoms with E-state index in [2.05, 4.69) is 15.6 Å². The van der Waals surface area contributed by atoms with E-state index in [0.717, 1.165) is 12.1 Å². The number of hydrogen-bond acceptors (Lipinski definition) is 5. The summed E-state index contributed by atoms with van der Waals surface area (Å²) in [5.74, 6) is 0.460. The molecule has 6 nitrogen and oxygen atoms in total. The van der Waals surface area contributed by atoms with Gasteiger partial charge < -0.3 is 20.1 Å². The summed E-state index contributed by atoms with van der Waals surface area (Å²) in [7, 11) is 1.57. The number of amides is 1. The molecule has 1 fully saturated rings. The minimum Gasteiger partial charge on any atom is -0.481 e. The lowest BCUT2D eigenvalue weighted by atomic mass is 10.0. The summed E-state index contributed by atoms with van der Waals surface area (Å²) in [6, 6.07) is 3.77. The first-order valence-electron chi connectivity index (χ1n) is 6.82. The highest BCUT2D eigenvalue weighted by atomic mass is 16.5. The molecule has 1 aromatic heterocycles. The first-order chi connectivity index (χ1) is 9.74. The number of methoxy groups -OCH3 is 1. The Morgan fingerprint density at radius 1 is 1.50 bits per heavy atom. The number of aromatic nitrogens is 1. The summed E-state index contributed by atoms with van der Waals surface area (Å²) in [5, 5.41) is 6.20. The molecule has 1 aliphatic rings. The van der Waals surface area contributed by atoms with Crippen LogP contribution in [0.2, 0.25) is 0 Å². The minimum atomic E-state index is -0.124. The second-order valence-electron chi connectivity index (χ2n) is 4.73. The molecule has 2 N–H and O–H groups in total. The van der Waals surface area contributed by atoms with Crippen LogP contribution < -0.4 is 15.4 Å². The van der Waals surface area contributed by atoms with E-state index >= 15 is 0 Å². The van der Waals surface area contributed by atoms with Crippen LogP contribution in [0.3, 0.4) is 0 Å². The predicted octanol–water partition coefficient (Wildman–Crippen LogP) is 0.331. The lowest BCUT2D eigenvalue weighted by Crippen LogP contribution is -2.43. The van der Waals surface area contributed by atoms with Gasteiger partial charge in [0, 0.05) is 24.8 Å². The maximum Gasteiger partial charge on any atom is 0.227 e. The molecule has 1 amide bonds. The van der Waals surface area contributed by atoms with E-state index in [-0.39, 0.29) is 17.9 Å². The molecule has 0 aliphatic carbocycles. The fraction of sp³-hybridized carbons (Fsp3) is 0.571. The van der Waals surface area contributed by atoms with Gasteiger partial charge in [-0.3, -0.25) is 4.79 Å². The molecule has 0 saturated carbocycles. The van der Waals surface area contributed by atoms with Crippen LogP contribution in [0.1, 0.15) is 12.5 Å². The summed E-state index contributed by atoms with van der Waals surface area (Å²) in [4.78, 5) is 16.3. The number of hydrogen-bond donors (Lipinski definition) is 2. The average molecular weight is 279 g/mol. The average Bonchev–Trinajstić information content (AvgIpc) is 2.94. The quantitative estimate of drug-likeness (QED) is 0.785. The van der Waals surface area contributed by atoms with E-state index in [1.807, 2.05) is 13.0 Å². The Hall–Kier alpha value is -1.66. The molecule has 0 aromatic carbocycles. The van der Waals surface area contributed by atoms with Crippen LogP contribution in [0.15, 0.2) is 18.3 Å². The molecule has 110 valence electrons. The molecule has 2 atom stereocenters.